The molecule has 0 fully saturated rings. The third-order valence-electron chi connectivity index (χ3n) is 2.45. The van der Waals surface area contributed by atoms with E-state index in [1.54, 1.807) is 25.1 Å². The molecule has 1 N–H and O–H groups in total. The molecule has 0 saturated heterocycles. The standard InChI is InChI=1S/C14H16F3NO2S/c1-3-8-18-13(19)10(2)21-9-11-4-6-12(7-5-11)20-14(15,16)17/h3-7,10H,1,8-9H2,2H3,(H,18,19). The van der Waals surface area contributed by atoms with E-state index in [0.29, 0.717) is 12.3 Å². The molecule has 0 saturated carbocycles. The fourth-order valence-electron chi connectivity index (χ4n) is 1.40. The topological polar surface area (TPSA) is 38.3 Å². The quantitative estimate of drug-likeness (QED) is 0.782. The molecule has 1 amide bonds. The smallest absolute Gasteiger partial charge is 0.406 e. The zero-order valence-corrected chi connectivity index (χ0v) is 12.3. The van der Waals surface area contributed by atoms with Crippen LogP contribution in [0, 0.1) is 0 Å². The van der Waals surface area contributed by atoms with Crippen LogP contribution >= 0.6 is 11.8 Å². The van der Waals surface area contributed by atoms with Crippen molar-refractivity contribution in [2.24, 2.45) is 0 Å². The summed E-state index contributed by atoms with van der Waals surface area (Å²) < 4.78 is 39.8. The average molecular weight is 319 g/mol. The molecule has 0 aromatic heterocycles. The monoisotopic (exact) mass is 319 g/mol. The fourth-order valence-corrected chi connectivity index (χ4v) is 2.27. The van der Waals surface area contributed by atoms with Gasteiger partial charge in [-0.15, -0.1) is 31.5 Å². The maximum atomic E-state index is 12.0. The van der Waals surface area contributed by atoms with E-state index < -0.39 is 6.36 Å². The van der Waals surface area contributed by atoms with Gasteiger partial charge < -0.3 is 10.1 Å². The largest absolute Gasteiger partial charge is 0.573 e. The van der Waals surface area contributed by atoms with Gasteiger partial charge in [0.1, 0.15) is 5.75 Å². The maximum absolute atomic E-state index is 12.0. The van der Waals surface area contributed by atoms with Crippen LogP contribution < -0.4 is 10.1 Å². The average Bonchev–Trinajstić information content (AvgIpc) is 2.42. The van der Waals surface area contributed by atoms with Gasteiger partial charge in [0.05, 0.1) is 5.25 Å². The Balaban J connectivity index is 2.45. The summed E-state index contributed by atoms with van der Waals surface area (Å²) in [4.78, 5) is 11.6. The molecule has 0 spiro atoms. The number of alkyl halides is 3. The third-order valence-corrected chi connectivity index (χ3v) is 3.66. The highest BCUT2D eigenvalue weighted by Gasteiger charge is 2.30. The Morgan fingerprint density at radius 1 is 1.43 bits per heavy atom. The van der Waals surface area contributed by atoms with E-state index in [1.807, 2.05) is 0 Å². The Morgan fingerprint density at radius 3 is 2.57 bits per heavy atom. The Hall–Kier alpha value is -1.63. The second kappa shape index (κ2) is 7.97. The molecule has 0 aliphatic carbocycles. The van der Waals surface area contributed by atoms with Gasteiger partial charge in [-0.05, 0) is 24.6 Å². The maximum Gasteiger partial charge on any atom is 0.573 e. The number of ether oxygens (including phenoxy) is 1. The van der Waals surface area contributed by atoms with Crippen molar-refractivity contribution in [1.82, 2.24) is 5.32 Å². The normalized spacial score (nSPS) is 12.6. The van der Waals surface area contributed by atoms with Crippen molar-refractivity contribution in [3.8, 4) is 5.75 Å². The minimum absolute atomic E-state index is 0.100. The number of nitrogens with one attached hydrogen (secondary N) is 1. The van der Waals surface area contributed by atoms with Crippen LogP contribution in [0.5, 0.6) is 5.75 Å². The lowest BCUT2D eigenvalue weighted by Gasteiger charge is -2.12. The lowest BCUT2D eigenvalue weighted by Crippen LogP contribution is -2.30. The number of rotatable bonds is 7. The van der Waals surface area contributed by atoms with Gasteiger partial charge in [-0.1, -0.05) is 18.2 Å². The third kappa shape index (κ3) is 7.08. The Bertz CT molecular complexity index is 474. The molecule has 21 heavy (non-hydrogen) atoms. The predicted octanol–water partition coefficient (Wildman–Crippen LogP) is 3.51. The van der Waals surface area contributed by atoms with Crippen LogP contribution in [0.3, 0.4) is 0 Å². The Labute approximate surface area is 125 Å². The van der Waals surface area contributed by atoms with Crippen molar-refractivity contribution in [1.29, 1.82) is 0 Å². The molecule has 1 unspecified atom stereocenters. The molecule has 7 heteroatoms. The van der Waals surface area contributed by atoms with Crippen LogP contribution in [0.25, 0.3) is 0 Å². The molecule has 1 atom stereocenters. The van der Waals surface area contributed by atoms with Gasteiger partial charge in [0, 0.05) is 12.3 Å². The summed E-state index contributed by atoms with van der Waals surface area (Å²) in [5.74, 6) is 0.166. The molecule has 0 heterocycles. The van der Waals surface area contributed by atoms with Crippen molar-refractivity contribution in [3.63, 3.8) is 0 Å². The first-order valence-corrected chi connectivity index (χ1v) is 7.21. The van der Waals surface area contributed by atoms with Gasteiger partial charge in [0.2, 0.25) is 5.91 Å². The van der Waals surface area contributed by atoms with Crippen LogP contribution in [0.4, 0.5) is 13.2 Å². The number of benzene rings is 1. The zero-order chi connectivity index (χ0) is 15.9. The van der Waals surface area contributed by atoms with Gasteiger partial charge in [-0.3, -0.25) is 4.79 Å². The Morgan fingerprint density at radius 2 is 2.05 bits per heavy atom. The predicted molar refractivity (Wildman–Crippen MR) is 77.1 cm³/mol. The molecular weight excluding hydrogens is 303 g/mol. The highest BCUT2D eigenvalue weighted by atomic mass is 32.2. The van der Waals surface area contributed by atoms with E-state index in [9.17, 15) is 18.0 Å². The van der Waals surface area contributed by atoms with Crippen LogP contribution in [0.1, 0.15) is 12.5 Å². The summed E-state index contributed by atoms with van der Waals surface area (Å²) in [6.45, 7) is 5.68. The molecule has 1 rings (SSSR count). The van der Waals surface area contributed by atoms with Crippen molar-refractivity contribution in [2.75, 3.05) is 6.54 Å². The molecule has 0 aliphatic heterocycles. The summed E-state index contributed by atoms with van der Waals surface area (Å²) in [5.41, 5.74) is 0.817. The van der Waals surface area contributed by atoms with Crippen LogP contribution in [-0.2, 0) is 10.5 Å². The van der Waals surface area contributed by atoms with Crippen molar-refractivity contribution >= 4 is 17.7 Å². The minimum Gasteiger partial charge on any atom is -0.406 e. The van der Waals surface area contributed by atoms with E-state index in [2.05, 4.69) is 16.6 Å². The van der Waals surface area contributed by atoms with E-state index in [4.69, 9.17) is 0 Å². The Kier molecular flexibility index (Phi) is 6.61. The first kappa shape index (κ1) is 17.4. The summed E-state index contributed by atoms with van der Waals surface area (Å²) in [5, 5.41) is 2.43. The summed E-state index contributed by atoms with van der Waals surface area (Å²) in [7, 11) is 0. The van der Waals surface area contributed by atoms with Crippen LogP contribution in [0.15, 0.2) is 36.9 Å². The molecule has 1 aromatic rings. The van der Waals surface area contributed by atoms with Crippen molar-refractivity contribution < 1.29 is 22.7 Å². The van der Waals surface area contributed by atoms with Gasteiger partial charge in [0.25, 0.3) is 0 Å². The van der Waals surface area contributed by atoms with Gasteiger partial charge in [-0.2, -0.15) is 0 Å². The number of carbonyl (C=O) groups excluding carboxylic acids is 1. The molecule has 3 nitrogen and oxygen atoms in total. The van der Waals surface area contributed by atoms with Crippen LogP contribution in [-0.4, -0.2) is 24.1 Å². The van der Waals surface area contributed by atoms with Crippen molar-refractivity contribution in [2.45, 2.75) is 24.3 Å². The first-order valence-electron chi connectivity index (χ1n) is 6.16. The highest BCUT2D eigenvalue weighted by molar-refractivity contribution is 7.99. The number of hydrogen-bond donors (Lipinski definition) is 1. The number of thioether (sulfide) groups is 1. The molecule has 1 aromatic carbocycles. The zero-order valence-electron chi connectivity index (χ0n) is 11.4. The SMILES string of the molecule is C=CCNC(=O)C(C)SCc1ccc(OC(F)(F)F)cc1. The summed E-state index contributed by atoms with van der Waals surface area (Å²) in [6.07, 6.45) is -3.09. The second-order valence-corrected chi connectivity index (χ2v) is 5.51. The van der Waals surface area contributed by atoms with E-state index in [0.717, 1.165) is 5.56 Å². The minimum atomic E-state index is -4.69. The van der Waals surface area contributed by atoms with Crippen molar-refractivity contribution in [3.05, 3.63) is 42.5 Å². The molecule has 0 aliphatic rings. The lowest BCUT2D eigenvalue weighted by molar-refractivity contribution is -0.274. The van der Waals surface area contributed by atoms with Gasteiger partial charge >= 0.3 is 6.36 Å². The molecule has 0 radical (unpaired) electrons. The summed E-state index contributed by atoms with van der Waals surface area (Å²) >= 11 is 1.40. The number of hydrogen-bond acceptors (Lipinski definition) is 3. The molecular formula is C14H16F3NO2S. The lowest BCUT2D eigenvalue weighted by atomic mass is 10.2. The highest BCUT2D eigenvalue weighted by Crippen LogP contribution is 2.24. The van der Waals surface area contributed by atoms with Gasteiger partial charge in [0.15, 0.2) is 0 Å². The second-order valence-electron chi connectivity index (χ2n) is 4.18. The summed E-state index contributed by atoms with van der Waals surface area (Å²) in [6, 6.07) is 5.60. The molecule has 116 valence electrons. The first-order chi connectivity index (χ1) is 9.81. The number of amides is 1. The fraction of sp³-hybridized carbons (Fsp3) is 0.357. The number of halogens is 3. The van der Waals surface area contributed by atoms with Crippen LogP contribution in [0.2, 0.25) is 0 Å². The number of carbonyl (C=O) groups is 1. The van der Waals surface area contributed by atoms with E-state index in [1.165, 1.54) is 23.9 Å². The van der Waals surface area contributed by atoms with Gasteiger partial charge in [-0.25, -0.2) is 0 Å². The van der Waals surface area contributed by atoms with E-state index in [-0.39, 0.29) is 16.9 Å². The van der Waals surface area contributed by atoms with E-state index >= 15 is 0 Å². The molecule has 0 bridgehead atoms.